The first-order valence-corrected chi connectivity index (χ1v) is 7.12. The predicted molar refractivity (Wildman–Crippen MR) is 77.8 cm³/mol. The Balaban J connectivity index is 2.12. The van der Waals surface area contributed by atoms with Crippen LogP contribution in [0.15, 0.2) is 29.0 Å². The van der Waals surface area contributed by atoms with E-state index in [4.69, 9.17) is 0 Å². The normalized spacial score (nSPS) is 12.5. The molecule has 2 heterocycles. The smallest absolute Gasteiger partial charge is 0.109 e. The minimum Gasteiger partial charge on any atom is -0.376 e. The number of rotatable bonds is 3. The van der Waals surface area contributed by atoms with Crippen LogP contribution < -0.4 is 5.32 Å². The summed E-state index contributed by atoms with van der Waals surface area (Å²) in [5.74, 6) is 0. The highest BCUT2D eigenvalue weighted by molar-refractivity contribution is 9.10. The molecule has 17 heavy (non-hydrogen) atoms. The minimum atomic E-state index is 0.316. The number of aryl methyl sites for hydroxylation is 2. The second kappa shape index (κ2) is 5.19. The fraction of sp³-hybridized carbons (Fsp3) is 0.308. The lowest BCUT2D eigenvalue weighted by atomic mass is 10.2. The summed E-state index contributed by atoms with van der Waals surface area (Å²) in [5, 5.41) is 3.47. The van der Waals surface area contributed by atoms with Crippen LogP contribution in [0.2, 0.25) is 0 Å². The van der Waals surface area contributed by atoms with Crippen LogP contribution in [0.5, 0.6) is 0 Å². The Morgan fingerprint density at radius 3 is 2.71 bits per heavy atom. The van der Waals surface area contributed by atoms with Crippen molar-refractivity contribution < 1.29 is 0 Å². The highest BCUT2D eigenvalue weighted by Gasteiger charge is 2.08. The lowest BCUT2D eigenvalue weighted by Gasteiger charge is -2.14. The summed E-state index contributed by atoms with van der Waals surface area (Å²) in [5.41, 5.74) is 2.20. The second-order valence-electron chi connectivity index (χ2n) is 4.15. The Bertz CT molecular complexity index is 522. The van der Waals surface area contributed by atoms with Crippen molar-refractivity contribution >= 4 is 33.0 Å². The Labute approximate surface area is 114 Å². The van der Waals surface area contributed by atoms with Gasteiger partial charge in [0.15, 0.2) is 0 Å². The zero-order chi connectivity index (χ0) is 12.4. The van der Waals surface area contributed by atoms with Crippen LogP contribution in [-0.2, 0) is 0 Å². The van der Waals surface area contributed by atoms with Crippen molar-refractivity contribution in [2.75, 3.05) is 5.32 Å². The Kier molecular flexibility index (Phi) is 3.84. The third-order valence-electron chi connectivity index (χ3n) is 2.59. The molecule has 2 aromatic rings. The molecule has 0 saturated carbocycles. The van der Waals surface area contributed by atoms with E-state index in [1.807, 2.05) is 24.5 Å². The highest BCUT2D eigenvalue weighted by atomic mass is 79.9. The van der Waals surface area contributed by atoms with Crippen molar-refractivity contribution in [1.82, 2.24) is 4.98 Å². The molecule has 2 rings (SSSR count). The summed E-state index contributed by atoms with van der Waals surface area (Å²) < 4.78 is 0.905. The quantitative estimate of drug-likeness (QED) is 0.831. The van der Waals surface area contributed by atoms with E-state index >= 15 is 0 Å². The average molecular weight is 311 g/mol. The molecular weight excluding hydrogens is 296 g/mol. The maximum absolute atomic E-state index is 4.29. The molecule has 0 radical (unpaired) electrons. The van der Waals surface area contributed by atoms with Gasteiger partial charge in [-0.2, -0.15) is 0 Å². The van der Waals surface area contributed by atoms with Gasteiger partial charge < -0.3 is 5.32 Å². The molecule has 0 aliphatic rings. The topological polar surface area (TPSA) is 24.9 Å². The third kappa shape index (κ3) is 3.07. The van der Waals surface area contributed by atoms with Crippen LogP contribution in [0.1, 0.15) is 28.3 Å². The molecule has 0 bridgehead atoms. The van der Waals surface area contributed by atoms with Crippen LogP contribution in [-0.4, -0.2) is 4.98 Å². The summed E-state index contributed by atoms with van der Waals surface area (Å²) >= 11 is 5.24. The van der Waals surface area contributed by atoms with E-state index in [9.17, 15) is 0 Å². The molecule has 1 atom stereocenters. The fourth-order valence-corrected chi connectivity index (χ4v) is 2.74. The second-order valence-corrected chi connectivity index (χ2v) is 6.22. The molecule has 0 amide bonds. The standard InChI is InChI=1S/C13H15BrN2S/c1-8-6-11(7-15-13(8)14)16-10(3)12-5-4-9(2)17-12/h4-7,10,16H,1-3H3. The number of nitrogens with zero attached hydrogens (tertiary/aromatic N) is 1. The van der Waals surface area contributed by atoms with Crippen LogP contribution in [0.3, 0.4) is 0 Å². The molecule has 0 aliphatic carbocycles. The first kappa shape index (κ1) is 12.6. The molecule has 0 aliphatic heterocycles. The van der Waals surface area contributed by atoms with E-state index in [2.05, 4.69) is 58.3 Å². The first-order chi connectivity index (χ1) is 8.06. The van der Waals surface area contributed by atoms with Crippen LogP contribution >= 0.6 is 27.3 Å². The van der Waals surface area contributed by atoms with Gasteiger partial charge in [-0.3, -0.25) is 0 Å². The number of anilines is 1. The zero-order valence-electron chi connectivity index (χ0n) is 10.1. The molecule has 1 N–H and O–H groups in total. The minimum absolute atomic E-state index is 0.316. The van der Waals surface area contributed by atoms with Gasteiger partial charge in [0.2, 0.25) is 0 Å². The Morgan fingerprint density at radius 2 is 2.12 bits per heavy atom. The first-order valence-electron chi connectivity index (χ1n) is 5.51. The summed E-state index contributed by atoms with van der Waals surface area (Å²) in [4.78, 5) is 6.98. The van der Waals surface area contributed by atoms with Crippen molar-refractivity contribution in [1.29, 1.82) is 0 Å². The molecule has 0 spiro atoms. The maximum atomic E-state index is 4.29. The molecular formula is C13H15BrN2S. The summed E-state index contributed by atoms with van der Waals surface area (Å²) in [6.45, 7) is 6.34. The Hall–Kier alpha value is -0.870. The van der Waals surface area contributed by atoms with Crippen molar-refractivity contribution in [2.45, 2.75) is 26.8 Å². The fourth-order valence-electron chi connectivity index (χ4n) is 1.64. The van der Waals surface area contributed by atoms with E-state index in [0.29, 0.717) is 6.04 Å². The van der Waals surface area contributed by atoms with E-state index < -0.39 is 0 Å². The number of halogens is 1. The van der Waals surface area contributed by atoms with Gasteiger partial charge in [-0.1, -0.05) is 0 Å². The van der Waals surface area contributed by atoms with Gasteiger partial charge in [0.25, 0.3) is 0 Å². The number of thiophene rings is 1. The zero-order valence-corrected chi connectivity index (χ0v) is 12.5. The van der Waals surface area contributed by atoms with Crippen LogP contribution in [0, 0.1) is 13.8 Å². The summed E-state index contributed by atoms with van der Waals surface area (Å²) in [6, 6.07) is 6.75. The molecule has 1 unspecified atom stereocenters. The number of nitrogens with one attached hydrogen (secondary N) is 1. The van der Waals surface area contributed by atoms with E-state index in [0.717, 1.165) is 15.9 Å². The number of hydrogen-bond acceptors (Lipinski definition) is 3. The molecule has 90 valence electrons. The van der Waals surface area contributed by atoms with E-state index in [1.165, 1.54) is 9.75 Å². The third-order valence-corrected chi connectivity index (χ3v) is 4.60. The number of pyridine rings is 1. The van der Waals surface area contributed by atoms with E-state index in [1.54, 1.807) is 0 Å². The Morgan fingerprint density at radius 1 is 1.35 bits per heavy atom. The molecule has 2 nitrogen and oxygen atoms in total. The summed E-state index contributed by atoms with van der Waals surface area (Å²) in [7, 11) is 0. The largest absolute Gasteiger partial charge is 0.376 e. The molecule has 4 heteroatoms. The van der Waals surface area contributed by atoms with Crippen LogP contribution in [0.4, 0.5) is 5.69 Å². The number of aromatic nitrogens is 1. The van der Waals surface area contributed by atoms with Crippen molar-refractivity contribution in [2.24, 2.45) is 0 Å². The number of hydrogen-bond donors (Lipinski definition) is 1. The van der Waals surface area contributed by atoms with Gasteiger partial charge in [0.1, 0.15) is 4.60 Å². The monoisotopic (exact) mass is 310 g/mol. The van der Waals surface area contributed by atoms with E-state index in [-0.39, 0.29) is 0 Å². The molecule has 2 aromatic heterocycles. The van der Waals surface area contributed by atoms with Crippen molar-refractivity contribution in [3.63, 3.8) is 0 Å². The molecule has 0 fully saturated rings. The van der Waals surface area contributed by atoms with Crippen molar-refractivity contribution in [3.05, 3.63) is 44.3 Å². The van der Waals surface area contributed by atoms with Gasteiger partial charge >= 0.3 is 0 Å². The SMILES string of the molecule is Cc1ccc(C(C)Nc2cnc(Br)c(C)c2)s1. The predicted octanol–water partition coefficient (Wildman–Crippen LogP) is 4.70. The van der Waals surface area contributed by atoms with Gasteiger partial charge in [-0.15, -0.1) is 11.3 Å². The summed E-state index contributed by atoms with van der Waals surface area (Å²) in [6.07, 6.45) is 1.86. The van der Waals surface area contributed by atoms with Crippen molar-refractivity contribution in [3.8, 4) is 0 Å². The van der Waals surface area contributed by atoms with Gasteiger partial charge in [0.05, 0.1) is 17.9 Å². The lowest BCUT2D eigenvalue weighted by molar-refractivity contribution is 0.904. The molecule has 0 saturated heterocycles. The highest BCUT2D eigenvalue weighted by Crippen LogP contribution is 2.26. The average Bonchev–Trinajstić information content (AvgIpc) is 2.70. The van der Waals surface area contributed by atoms with Gasteiger partial charge in [-0.05, 0) is 60.5 Å². The van der Waals surface area contributed by atoms with Gasteiger partial charge in [0, 0.05) is 9.75 Å². The van der Waals surface area contributed by atoms with Gasteiger partial charge in [-0.25, -0.2) is 4.98 Å². The molecule has 0 aromatic carbocycles. The maximum Gasteiger partial charge on any atom is 0.109 e. The van der Waals surface area contributed by atoms with Crippen LogP contribution in [0.25, 0.3) is 0 Å². The lowest BCUT2D eigenvalue weighted by Crippen LogP contribution is -2.05.